The molecule has 0 aliphatic carbocycles. The van der Waals surface area contributed by atoms with Gasteiger partial charge in [0, 0.05) is 12.1 Å². The average Bonchev–Trinajstić information content (AvgIpc) is 2.89. The van der Waals surface area contributed by atoms with Crippen molar-refractivity contribution in [2.24, 2.45) is 0 Å². The van der Waals surface area contributed by atoms with E-state index in [-0.39, 0.29) is 17.5 Å². The zero-order valence-corrected chi connectivity index (χ0v) is 18.5. The largest absolute Gasteiger partial charge is 0.457 e. The molecule has 34 heavy (non-hydrogen) atoms. The van der Waals surface area contributed by atoms with Crippen LogP contribution in [-0.2, 0) is 11.3 Å². The molecule has 5 nitrogen and oxygen atoms in total. The molecule has 0 spiro atoms. The Morgan fingerprint density at radius 1 is 0.706 bits per heavy atom. The Balaban J connectivity index is 1.56. The first-order chi connectivity index (χ1) is 16.7. The highest BCUT2D eigenvalue weighted by Crippen LogP contribution is 2.22. The monoisotopic (exact) mass is 448 g/mol. The molecule has 0 heterocycles. The molecule has 4 aromatic rings. The van der Waals surface area contributed by atoms with Crippen LogP contribution in [0.3, 0.4) is 0 Å². The number of nitrogens with one attached hydrogen (secondary N) is 2. The molecule has 0 aliphatic heterocycles. The van der Waals surface area contributed by atoms with Gasteiger partial charge >= 0.3 is 0 Å². The SMILES string of the molecule is O=C(NCc1ccccc1)C(=Cc1cccc(Oc2ccccc2)c1)NC(=O)c1ccccc1. The van der Waals surface area contributed by atoms with E-state index in [4.69, 9.17) is 4.74 Å². The molecule has 168 valence electrons. The summed E-state index contributed by atoms with van der Waals surface area (Å²) in [6, 6.07) is 35.1. The minimum Gasteiger partial charge on any atom is -0.457 e. The van der Waals surface area contributed by atoms with Gasteiger partial charge in [-0.2, -0.15) is 0 Å². The summed E-state index contributed by atoms with van der Waals surface area (Å²) in [5.41, 5.74) is 2.28. The first-order valence-corrected chi connectivity index (χ1v) is 10.9. The molecule has 4 rings (SSSR count). The molecule has 4 aromatic carbocycles. The molecule has 0 unspecified atom stereocenters. The molecule has 0 saturated carbocycles. The summed E-state index contributed by atoms with van der Waals surface area (Å²) in [6.45, 7) is 0.343. The van der Waals surface area contributed by atoms with Crippen LogP contribution in [0.15, 0.2) is 121 Å². The first kappa shape index (κ1) is 22.6. The second kappa shape index (κ2) is 11.3. The highest BCUT2D eigenvalue weighted by atomic mass is 16.5. The lowest BCUT2D eigenvalue weighted by atomic mass is 10.1. The van der Waals surface area contributed by atoms with Gasteiger partial charge in [0.05, 0.1) is 0 Å². The highest BCUT2D eigenvalue weighted by Gasteiger charge is 2.15. The van der Waals surface area contributed by atoms with Crippen LogP contribution in [0.4, 0.5) is 0 Å². The molecule has 0 aromatic heterocycles. The van der Waals surface area contributed by atoms with Gasteiger partial charge < -0.3 is 15.4 Å². The molecule has 0 saturated heterocycles. The van der Waals surface area contributed by atoms with Gasteiger partial charge in [-0.3, -0.25) is 9.59 Å². The summed E-state index contributed by atoms with van der Waals surface area (Å²) in [7, 11) is 0. The molecular formula is C29H24N2O3. The minimum atomic E-state index is -0.387. The van der Waals surface area contributed by atoms with E-state index in [1.165, 1.54) is 0 Å². The summed E-state index contributed by atoms with van der Waals surface area (Å²) < 4.78 is 5.90. The van der Waals surface area contributed by atoms with Gasteiger partial charge in [0.1, 0.15) is 17.2 Å². The van der Waals surface area contributed by atoms with Crippen LogP contribution in [0.2, 0.25) is 0 Å². The van der Waals surface area contributed by atoms with Crippen molar-refractivity contribution in [2.75, 3.05) is 0 Å². The van der Waals surface area contributed by atoms with Crippen LogP contribution in [0.25, 0.3) is 6.08 Å². The molecule has 2 N–H and O–H groups in total. The fraction of sp³-hybridized carbons (Fsp3) is 0.0345. The lowest BCUT2D eigenvalue weighted by molar-refractivity contribution is -0.117. The molecule has 0 atom stereocenters. The molecule has 0 aliphatic rings. The number of para-hydroxylation sites is 1. The molecule has 0 fully saturated rings. The number of benzene rings is 4. The summed E-state index contributed by atoms with van der Waals surface area (Å²) in [5.74, 6) is 0.584. The maximum Gasteiger partial charge on any atom is 0.268 e. The highest BCUT2D eigenvalue weighted by molar-refractivity contribution is 6.05. The van der Waals surface area contributed by atoms with Crippen molar-refractivity contribution in [2.45, 2.75) is 6.54 Å². The standard InChI is InChI=1S/C29H24N2O3/c32-28(24-14-6-2-7-15-24)31-27(29(33)30-21-22-11-4-1-5-12-22)20-23-13-10-18-26(19-23)34-25-16-8-3-9-17-25/h1-20H,21H2,(H,30,33)(H,31,32). The van der Waals surface area contributed by atoms with Crippen molar-refractivity contribution in [3.63, 3.8) is 0 Å². The predicted molar refractivity (Wildman–Crippen MR) is 133 cm³/mol. The summed E-state index contributed by atoms with van der Waals surface area (Å²) in [4.78, 5) is 25.8. The first-order valence-electron chi connectivity index (χ1n) is 10.9. The quantitative estimate of drug-likeness (QED) is 0.347. The van der Waals surface area contributed by atoms with E-state index < -0.39 is 0 Å². The third-order valence-corrected chi connectivity index (χ3v) is 4.97. The van der Waals surface area contributed by atoms with Crippen LogP contribution in [0.5, 0.6) is 11.5 Å². The fourth-order valence-corrected chi connectivity index (χ4v) is 3.27. The molecule has 5 heteroatoms. The van der Waals surface area contributed by atoms with E-state index in [2.05, 4.69) is 10.6 Å². The minimum absolute atomic E-state index is 0.140. The number of hydrogen-bond acceptors (Lipinski definition) is 3. The Morgan fingerprint density at radius 3 is 2.03 bits per heavy atom. The number of ether oxygens (including phenoxy) is 1. The van der Waals surface area contributed by atoms with Crippen LogP contribution >= 0.6 is 0 Å². The van der Waals surface area contributed by atoms with E-state index in [1.54, 1.807) is 30.3 Å². The zero-order valence-electron chi connectivity index (χ0n) is 18.5. The van der Waals surface area contributed by atoms with Gasteiger partial charge in [0.2, 0.25) is 0 Å². The summed E-state index contributed by atoms with van der Waals surface area (Å²) in [5, 5.41) is 5.63. The summed E-state index contributed by atoms with van der Waals surface area (Å²) >= 11 is 0. The van der Waals surface area contributed by atoms with Crippen molar-refractivity contribution in [3.05, 3.63) is 138 Å². The number of carbonyl (C=O) groups is 2. The average molecular weight is 449 g/mol. The predicted octanol–water partition coefficient (Wildman–Crippen LogP) is 5.57. The Kier molecular flexibility index (Phi) is 7.49. The van der Waals surface area contributed by atoms with Crippen molar-refractivity contribution in [1.29, 1.82) is 0 Å². The summed E-state index contributed by atoms with van der Waals surface area (Å²) in [6.07, 6.45) is 1.64. The Morgan fingerprint density at radius 2 is 1.32 bits per heavy atom. The van der Waals surface area contributed by atoms with Crippen LogP contribution in [0.1, 0.15) is 21.5 Å². The normalized spacial score (nSPS) is 10.9. The molecule has 0 radical (unpaired) electrons. The van der Waals surface area contributed by atoms with Crippen molar-refractivity contribution in [3.8, 4) is 11.5 Å². The van der Waals surface area contributed by atoms with E-state index in [0.717, 1.165) is 5.56 Å². The smallest absolute Gasteiger partial charge is 0.268 e. The second-order valence-electron chi connectivity index (χ2n) is 7.53. The van der Waals surface area contributed by atoms with Gasteiger partial charge in [0.25, 0.3) is 11.8 Å². The number of hydrogen-bond donors (Lipinski definition) is 2. The number of carbonyl (C=O) groups excluding carboxylic acids is 2. The van der Waals surface area contributed by atoms with Gasteiger partial charge in [-0.15, -0.1) is 0 Å². The zero-order chi connectivity index (χ0) is 23.6. The van der Waals surface area contributed by atoms with E-state index in [1.807, 2.05) is 91.0 Å². The van der Waals surface area contributed by atoms with Crippen LogP contribution in [-0.4, -0.2) is 11.8 Å². The van der Waals surface area contributed by atoms with Crippen LogP contribution in [0, 0.1) is 0 Å². The van der Waals surface area contributed by atoms with Crippen LogP contribution < -0.4 is 15.4 Å². The van der Waals surface area contributed by atoms with Gasteiger partial charge in [-0.25, -0.2) is 0 Å². The van der Waals surface area contributed by atoms with E-state index in [0.29, 0.717) is 29.2 Å². The van der Waals surface area contributed by atoms with Gasteiger partial charge in [-0.1, -0.05) is 78.9 Å². The molecule has 0 bridgehead atoms. The number of amides is 2. The van der Waals surface area contributed by atoms with Gasteiger partial charge in [-0.05, 0) is 53.6 Å². The Bertz CT molecular complexity index is 1270. The van der Waals surface area contributed by atoms with Crippen molar-refractivity contribution >= 4 is 17.9 Å². The lowest BCUT2D eigenvalue weighted by Crippen LogP contribution is -2.34. The Hall–Kier alpha value is -4.64. The molecule has 2 amide bonds. The van der Waals surface area contributed by atoms with Gasteiger partial charge in [0.15, 0.2) is 0 Å². The van der Waals surface area contributed by atoms with Crippen molar-refractivity contribution < 1.29 is 14.3 Å². The fourth-order valence-electron chi connectivity index (χ4n) is 3.27. The Labute approximate surface area is 198 Å². The lowest BCUT2D eigenvalue weighted by Gasteiger charge is -2.12. The van der Waals surface area contributed by atoms with E-state index >= 15 is 0 Å². The third kappa shape index (κ3) is 6.43. The number of rotatable bonds is 8. The van der Waals surface area contributed by atoms with Crippen molar-refractivity contribution in [1.82, 2.24) is 10.6 Å². The second-order valence-corrected chi connectivity index (χ2v) is 7.53. The maximum atomic E-state index is 13.0. The molecular weight excluding hydrogens is 424 g/mol. The van der Waals surface area contributed by atoms with E-state index in [9.17, 15) is 9.59 Å². The third-order valence-electron chi connectivity index (χ3n) is 4.97. The topological polar surface area (TPSA) is 67.4 Å². The maximum absolute atomic E-state index is 13.0.